The van der Waals surface area contributed by atoms with Crippen molar-refractivity contribution in [3.8, 4) is 11.1 Å². The zero-order valence-corrected chi connectivity index (χ0v) is 12.2. The topological polar surface area (TPSA) is 55.4 Å². The summed E-state index contributed by atoms with van der Waals surface area (Å²) in [4.78, 5) is 11.4. The molecule has 0 saturated carbocycles. The van der Waals surface area contributed by atoms with Crippen molar-refractivity contribution in [2.45, 2.75) is 6.92 Å². The molecule has 0 saturated heterocycles. The van der Waals surface area contributed by atoms with Gasteiger partial charge in [-0.3, -0.25) is 4.79 Å². The maximum absolute atomic E-state index is 12.2. The van der Waals surface area contributed by atoms with Crippen molar-refractivity contribution in [3.05, 3.63) is 54.1 Å². The van der Waals surface area contributed by atoms with Crippen molar-refractivity contribution in [1.29, 1.82) is 0 Å². The van der Waals surface area contributed by atoms with Crippen LogP contribution in [-0.2, 0) is 14.8 Å². The number of anilines is 1. The molecule has 0 unspecified atom stereocenters. The lowest BCUT2D eigenvalue weighted by atomic mass is 10.0. The molecule has 2 aromatic carbocycles. The van der Waals surface area contributed by atoms with Gasteiger partial charge in [0.05, 0.1) is 5.69 Å². The van der Waals surface area contributed by atoms with Crippen LogP contribution in [-0.4, -0.2) is 9.99 Å². The molecule has 0 aliphatic heterocycles. The van der Waals surface area contributed by atoms with E-state index in [1.54, 1.807) is 35.8 Å². The van der Waals surface area contributed by atoms with Crippen LogP contribution in [0.15, 0.2) is 48.5 Å². The molecule has 0 aromatic heterocycles. The minimum Gasteiger partial charge on any atom is -0.295 e. The number of hydrogen-bond acceptors (Lipinski definition) is 4. The molecule has 4 nitrogen and oxygen atoms in total. The average Bonchev–Trinajstić information content (AvgIpc) is 2.44. The molecule has 0 heterocycles. The van der Waals surface area contributed by atoms with Crippen molar-refractivity contribution >= 4 is 22.0 Å². The van der Waals surface area contributed by atoms with Crippen molar-refractivity contribution < 1.29 is 24.9 Å². The van der Waals surface area contributed by atoms with Crippen LogP contribution in [0.25, 0.3) is 11.1 Å². The lowest BCUT2D eigenvalue weighted by Gasteiger charge is -2.18. The number of halogens is 3. The predicted octanol–water partition coefficient (Wildman–Crippen LogP) is 4.29. The van der Waals surface area contributed by atoms with Gasteiger partial charge in [0.25, 0.3) is 0 Å². The maximum Gasteiger partial charge on any atom is 0.235 e. The summed E-state index contributed by atoms with van der Waals surface area (Å²) >= 11 is 0. The van der Waals surface area contributed by atoms with Gasteiger partial charge in [-0.2, -0.15) is 0 Å². The van der Waals surface area contributed by atoms with Crippen LogP contribution in [0, 0.1) is 0 Å². The Kier molecular flexibility index (Phi) is 4.08. The summed E-state index contributed by atoms with van der Waals surface area (Å²) in [6.07, 6.45) is 0. The largest absolute Gasteiger partial charge is 0.295 e. The lowest BCUT2D eigenvalue weighted by molar-refractivity contribution is 0.101. The fourth-order valence-corrected chi connectivity index (χ4v) is 2.02. The number of nitrogens with one attached hydrogen (secondary N) is 1. The van der Waals surface area contributed by atoms with Gasteiger partial charge in [-0.1, -0.05) is 34.6 Å². The van der Waals surface area contributed by atoms with Gasteiger partial charge in [0, 0.05) is 5.56 Å². The summed E-state index contributed by atoms with van der Waals surface area (Å²) in [6.45, 7) is 1.42. The summed E-state index contributed by atoms with van der Waals surface area (Å²) in [7, 11) is -7.59. The molecule has 0 radical (unpaired) electrons. The van der Waals surface area contributed by atoms with Crippen molar-refractivity contribution in [2.75, 3.05) is 5.48 Å². The van der Waals surface area contributed by atoms with E-state index >= 15 is 0 Å². The van der Waals surface area contributed by atoms with Gasteiger partial charge in [0.2, 0.25) is 10.5 Å². The molecule has 0 aliphatic rings. The number of rotatable bonds is 5. The van der Waals surface area contributed by atoms with E-state index in [-0.39, 0.29) is 11.5 Å². The Hall–Kier alpha value is -2.19. The highest BCUT2D eigenvalue weighted by Gasteiger charge is 2.29. The average molecular weight is 331 g/mol. The van der Waals surface area contributed by atoms with Crippen LogP contribution in [0.1, 0.15) is 17.3 Å². The van der Waals surface area contributed by atoms with E-state index in [9.17, 15) is 20.7 Å². The first-order chi connectivity index (χ1) is 10.1. The predicted molar refractivity (Wildman–Crippen MR) is 78.1 cm³/mol. The number of hydrogen-bond donors (Lipinski definition) is 1. The highest BCUT2D eigenvalue weighted by atomic mass is 32.4. The van der Waals surface area contributed by atoms with Crippen molar-refractivity contribution in [2.24, 2.45) is 0 Å². The van der Waals surface area contributed by atoms with Gasteiger partial charge in [-0.25, -0.2) is 5.48 Å². The van der Waals surface area contributed by atoms with E-state index < -0.39 is 10.5 Å². The Bertz CT molecular complexity index is 777. The second-order valence-corrected chi connectivity index (χ2v) is 5.93. The highest BCUT2D eigenvalue weighted by Crippen LogP contribution is 2.33. The number of benzene rings is 2. The van der Waals surface area contributed by atoms with E-state index in [0.29, 0.717) is 16.7 Å². The molecule has 0 spiro atoms. The van der Waals surface area contributed by atoms with Crippen LogP contribution >= 0.6 is 0 Å². The molecule has 1 N–H and O–H groups in total. The standard InChI is InChI=1S/C14H12F3NO3S/c1-10(19)11-4-2-5-12(8-11)13-6-3-7-14(9-13)18-21-22(15,16,17)20/h2-9,18H,1H3. The van der Waals surface area contributed by atoms with Gasteiger partial charge >= 0.3 is 0 Å². The molecule has 2 rings (SSSR count). The molecule has 8 heteroatoms. The van der Waals surface area contributed by atoms with Crippen LogP contribution < -0.4 is 5.48 Å². The first-order valence-corrected chi connectivity index (χ1v) is 7.69. The summed E-state index contributed by atoms with van der Waals surface area (Å²) < 4.78 is 50.1. The third kappa shape index (κ3) is 4.68. The van der Waals surface area contributed by atoms with Crippen LogP contribution in [0.2, 0.25) is 0 Å². The molecular weight excluding hydrogens is 319 g/mol. The Morgan fingerprint density at radius 2 is 1.64 bits per heavy atom. The molecule has 0 bridgehead atoms. The van der Waals surface area contributed by atoms with Gasteiger partial charge in [0.1, 0.15) is 0 Å². The molecule has 0 aliphatic carbocycles. The Balaban J connectivity index is 2.27. The van der Waals surface area contributed by atoms with E-state index in [1.165, 1.54) is 25.1 Å². The zero-order chi connectivity index (χ0) is 16.4. The smallest absolute Gasteiger partial charge is 0.235 e. The summed E-state index contributed by atoms with van der Waals surface area (Å²) in [5.74, 6) is -0.116. The fourth-order valence-electron chi connectivity index (χ4n) is 1.79. The normalized spacial score (nSPS) is 13.2. The van der Waals surface area contributed by atoms with Crippen molar-refractivity contribution in [3.63, 3.8) is 0 Å². The summed E-state index contributed by atoms with van der Waals surface area (Å²) in [5, 5.41) is 0. The van der Waals surface area contributed by atoms with Gasteiger partial charge in [-0.15, -0.1) is 4.21 Å². The van der Waals surface area contributed by atoms with Crippen LogP contribution in [0.4, 0.5) is 17.3 Å². The van der Waals surface area contributed by atoms with E-state index in [2.05, 4.69) is 4.28 Å². The third-order valence-electron chi connectivity index (χ3n) is 2.75. The molecule has 2 aromatic rings. The summed E-state index contributed by atoms with van der Waals surface area (Å²) in [6, 6.07) is 12.6. The van der Waals surface area contributed by atoms with Gasteiger partial charge < -0.3 is 0 Å². The Labute approximate surface area is 125 Å². The monoisotopic (exact) mass is 331 g/mol. The van der Waals surface area contributed by atoms with Crippen molar-refractivity contribution in [1.82, 2.24) is 0 Å². The SMILES string of the molecule is CC(=O)c1cccc(-c2cccc(NOS(=O)(F)(F)F)c2)c1. The van der Waals surface area contributed by atoms with E-state index in [4.69, 9.17) is 0 Å². The summed E-state index contributed by atoms with van der Waals surface area (Å²) in [5.41, 5.74) is 3.33. The number of carbonyl (C=O) groups excluding carboxylic acids is 1. The van der Waals surface area contributed by atoms with E-state index in [0.717, 1.165) is 0 Å². The second-order valence-electron chi connectivity index (χ2n) is 4.52. The van der Waals surface area contributed by atoms with Crippen LogP contribution in [0.3, 0.4) is 0 Å². The Morgan fingerprint density at radius 1 is 1.05 bits per heavy atom. The molecular formula is C14H12F3NO3S. The quantitative estimate of drug-likeness (QED) is 0.504. The molecule has 0 atom stereocenters. The minimum atomic E-state index is -7.59. The Morgan fingerprint density at radius 3 is 2.23 bits per heavy atom. The number of ketones is 1. The molecule has 0 amide bonds. The highest BCUT2D eigenvalue weighted by molar-refractivity contribution is 8.02. The number of Topliss-reactive ketones (excluding diaryl/α,β-unsaturated/α-hetero) is 1. The maximum atomic E-state index is 12.2. The van der Waals surface area contributed by atoms with Gasteiger partial charge in [0.15, 0.2) is 5.78 Å². The number of carbonyl (C=O) groups is 1. The fraction of sp³-hybridized carbons (Fsp3) is 0.0714. The first-order valence-electron chi connectivity index (χ1n) is 6.10. The minimum absolute atomic E-state index is 0.0162. The lowest BCUT2D eigenvalue weighted by Crippen LogP contribution is -2.20. The van der Waals surface area contributed by atoms with Gasteiger partial charge in [-0.05, 0) is 47.9 Å². The molecule has 0 fully saturated rings. The second kappa shape index (κ2) is 5.54. The third-order valence-corrected chi connectivity index (χ3v) is 3.09. The molecule has 118 valence electrons. The zero-order valence-electron chi connectivity index (χ0n) is 11.4. The van der Waals surface area contributed by atoms with Crippen LogP contribution in [0.5, 0.6) is 0 Å². The van der Waals surface area contributed by atoms with E-state index in [1.807, 2.05) is 0 Å². The first kappa shape index (κ1) is 16.2. The molecule has 22 heavy (non-hydrogen) atoms.